The number of esters is 1. The normalized spacial score (nSPS) is 13.2. The summed E-state index contributed by atoms with van der Waals surface area (Å²) in [6.07, 6.45) is -5.74. The standard InChI is InChI=1S/C28H45F3N2O8/c1-8-40-25(34)11-9-10-12-41-19-14-23(36-4)20(24(15-19)37-5)17-33(26(35)21(32)13-18(2)3)22(16-28(29,30)31)27(38-6)39-7/h14-15,18,21-22,27H,8-13,16-17,32H2,1-7H3/t21-,22?/m0/s1. The quantitative estimate of drug-likeness (QED) is 0.141. The van der Waals surface area contributed by atoms with Crippen LogP contribution in [0.2, 0.25) is 0 Å². The van der Waals surface area contributed by atoms with Gasteiger partial charge in [-0.1, -0.05) is 13.8 Å². The Hall–Kier alpha value is -2.77. The number of benzene rings is 1. The van der Waals surface area contributed by atoms with Crippen LogP contribution in [0.25, 0.3) is 0 Å². The van der Waals surface area contributed by atoms with Crippen molar-refractivity contribution in [3.8, 4) is 17.2 Å². The molecular weight excluding hydrogens is 549 g/mol. The minimum Gasteiger partial charge on any atom is -0.496 e. The predicted molar refractivity (Wildman–Crippen MR) is 146 cm³/mol. The average Bonchev–Trinajstić information content (AvgIpc) is 2.90. The SMILES string of the molecule is CCOC(=O)CCCCOc1cc(OC)c(CN(C(=O)[C@@H](N)CC(C)C)C(CC(F)(F)F)C(OC)OC)c(OC)c1. The van der Waals surface area contributed by atoms with E-state index in [-0.39, 0.29) is 49.4 Å². The lowest BCUT2D eigenvalue weighted by molar-refractivity contribution is -0.201. The number of halogens is 3. The molecule has 0 aliphatic rings. The summed E-state index contributed by atoms with van der Waals surface area (Å²) in [5, 5.41) is 0. The van der Waals surface area contributed by atoms with Gasteiger partial charge in [-0.15, -0.1) is 0 Å². The molecule has 13 heteroatoms. The molecule has 1 aromatic carbocycles. The fourth-order valence-electron chi connectivity index (χ4n) is 4.35. The maximum Gasteiger partial charge on any atom is 0.391 e. The zero-order valence-electron chi connectivity index (χ0n) is 25.0. The number of carbonyl (C=O) groups excluding carboxylic acids is 2. The zero-order chi connectivity index (χ0) is 31.2. The van der Waals surface area contributed by atoms with Gasteiger partial charge in [0.2, 0.25) is 5.91 Å². The summed E-state index contributed by atoms with van der Waals surface area (Å²) < 4.78 is 73.4. The second-order valence-electron chi connectivity index (χ2n) is 9.85. The summed E-state index contributed by atoms with van der Waals surface area (Å²) in [6.45, 7) is 5.74. The van der Waals surface area contributed by atoms with Crippen molar-refractivity contribution in [1.29, 1.82) is 0 Å². The molecule has 0 aliphatic heterocycles. The van der Waals surface area contributed by atoms with Crippen LogP contribution in [0.4, 0.5) is 13.2 Å². The molecule has 0 radical (unpaired) electrons. The predicted octanol–water partition coefficient (Wildman–Crippen LogP) is 4.46. The van der Waals surface area contributed by atoms with Crippen LogP contribution in [0.5, 0.6) is 17.2 Å². The molecule has 1 unspecified atom stereocenters. The van der Waals surface area contributed by atoms with Gasteiger partial charge in [0.15, 0.2) is 6.29 Å². The zero-order valence-corrected chi connectivity index (χ0v) is 25.0. The molecule has 2 atom stereocenters. The molecule has 0 spiro atoms. The first-order chi connectivity index (χ1) is 19.3. The van der Waals surface area contributed by atoms with E-state index in [1.807, 2.05) is 13.8 Å². The number of alkyl halides is 3. The lowest BCUT2D eigenvalue weighted by Gasteiger charge is -2.38. The Balaban J connectivity index is 3.39. The highest BCUT2D eigenvalue weighted by atomic mass is 19.4. The van der Waals surface area contributed by atoms with Crippen molar-refractivity contribution < 1.29 is 51.2 Å². The first kappa shape index (κ1) is 36.3. The number of rotatable bonds is 19. The lowest BCUT2D eigenvalue weighted by atomic mass is 10.0. The van der Waals surface area contributed by atoms with Gasteiger partial charge in [-0.2, -0.15) is 13.2 Å². The largest absolute Gasteiger partial charge is 0.496 e. The second-order valence-corrected chi connectivity index (χ2v) is 9.85. The first-order valence-electron chi connectivity index (χ1n) is 13.5. The molecular formula is C28H45F3N2O8. The van der Waals surface area contributed by atoms with Gasteiger partial charge >= 0.3 is 12.1 Å². The van der Waals surface area contributed by atoms with E-state index in [9.17, 15) is 22.8 Å². The number of methoxy groups -OCH3 is 4. The molecule has 0 aromatic heterocycles. The van der Waals surface area contributed by atoms with E-state index >= 15 is 0 Å². The Morgan fingerprint density at radius 1 is 1.00 bits per heavy atom. The molecule has 0 heterocycles. The van der Waals surface area contributed by atoms with E-state index in [1.54, 1.807) is 19.1 Å². The molecule has 0 aliphatic carbocycles. The fourth-order valence-corrected chi connectivity index (χ4v) is 4.35. The Bertz CT molecular complexity index is 916. The third kappa shape index (κ3) is 12.3. The van der Waals surface area contributed by atoms with Gasteiger partial charge in [0, 0.05) is 32.8 Å². The topological polar surface area (TPSA) is 119 Å². The van der Waals surface area contributed by atoms with Gasteiger partial charge in [-0.25, -0.2) is 0 Å². The summed E-state index contributed by atoms with van der Waals surface area (Å²) in [7, 11) is 5.18. The van der Waals surface area contributed by atoms with Crippen molar-refractivity contribution in [3.05, 3.63) is 17.7 Å². The van der Waals surface area contributed by atoms with E-state index in [0.717, 1.165) is 4.90 Å². The maximum atomic E-state index is 13.7. The Labute approximate surface area is 240 Å². The highest BCUT2D eigenvalue weighted by molar-refractivity contribution is 5.82. The van der Waals surface area contributed by atoms with Crippen LogP contribution in [-0.4, -0.2) is 83.0 Å². The van der Waals surface area contributed by atoms with Crippen LogP contribution >= 0.6 is 0 Å². The number of carbonyl (C=O) groups is 2. The van der Waals surface area contributed by atoms with E-state index in [1.165, 1.54) is 28.4 Å². The molecule has 41 heavy (non-hydrogen) atoms. The number of nitrogens with two attached hydrogens (primary N) is 1. The number of hydrogen-bond acceptors (Lipinski definition) is 9. The lowest BCUT2D eigenvalue weighted by Crippen LogP contribution is -2.54. The van der Waals surface area contributed by atoms with Crippen molar-refractivity contribution in [2.75, 3.05) is 41.7 Å². The van der Waals surface area contributed by atoms with E-state index < -0.39 is 36.9 Å². The van der Waals surface area contributed by atoms with Crippen LogP contribution in [0.1, 0.15) is 58.4 Å². The molecule has 10 nitrogen and oxygen atoms in total. The minimum absolute atomic E-state index is 0.0234. The minimum atomic E-state index is -4.64. The van der Waals surface area contributed by atoms with Crippen molar-refractivity contribution in [3.63, 3.8) is 0 Å². The van der Waals surface area contributed by atoms with Crippen LogP contribution in [0, 0.1) is 5.92 Å². The summed E-state index contributed by atoms with van der Waals surface area (Å²) in [6, 6.07) is 0.501. The third-order valence-corrected chi connectivity index (χ3v) is 6.20. The van der Waals surface area contributed by atoms with Gasteiger partial charge in [0.1, 0.15) is 17.2 Å². The highest BCUT2D eigenvalue weighted by Crippen LogP contribution is 2.37. The monoisotopic (exact) mass is 594 g/mol. The molecule has 0 bridgehead atoms. The Morgan fingerprint density at radius 3 is 2.05 bits per heavy atom. The molecule has 1 rings (SSSR count). The molecule has 0 fully saturated rings. The summed E-state index contributed by atoms with van der Waals surface area (Å²) in [5.41, 5.74) is 6.48. The van der Waals surface area contributed by atoms with Crippen LogP contribution < -0.4 is 19.9 Å². The molecule has 1 amide bonds. The summed E-state index contributed by atoms with van der Waals surface area (Å²) >= 11 is 0. The number of amides is 1. The van der Waals surface area contributed by atoms with Crippen LogP contribution in [-0.2, 0) is 30.3 Å². The van der Waals surface area contributed by atoms with Gasteiger partial charge in [0.25, 0.3) is 0 Å². The highest BCUT2D eigenvalue weighted by Gasteiger charge is 2.42. The van der Waals surface area contributed by atoms with Crippen molar-refractivity contribution >= 4 is 11.9 Å². The molecule has 0 saturated carbocycles. The number of hydrogen-bond donors (Lipinski definition) is 1. The Kier molecular flexibility index (Phi) is 15.8. The molecule has 2 N–H and O–H groups in total. The van der Waals surface area contributed by atoms with Gasteiger partial charge in [-0.05, 0) is 32.1 Å². The van der Waals surface area contributed by atoms with Crippen LogP contribution in [0.15, 0.2) is 12.1 Å². The summed E-state index contributed by atoms with van der Waals surface area (Å²) in [4.78, 5) is 26.1. The third-order valence-electron chi connectivity index (χ3n) is 6.20. The molecule has 236 valence electrons. The maximum absolute atomic E-state index is 13.7. The van der Waals surface area contributed by atoms with Crippen molar-refractivity contribution in [2.45, 2.75) is 84.0 Å². The number of unbranched alkanes of at least 4 members (excludes halogenated alkanes) is 1. The number of ether oxygens (including phenoxy) is 6. The van der Waals surface area contributed by atoms with E-state index in [4.69, 9.17) is 34.2 Å². The molecule has 1 aromatic rings. The Morgan fingerprint density at radius 2 is 1.59 bits per heavy atom. The van der Waals surface area contributed by atoms with Crippen molar-refractivity contribution in [1.82, 2.24) is 4.90 Å². The molecule has 0 saturated heterocycles. The van der Waals surface area contributed by atoms with Gasteiger partial charge in [-0.3, -0.25) is 9.59 Å². The smallest absolute Gasteiger partial charge is 0.391 e. The first-order valence-corrected chi connectivity index (χ1v) is 13.5. The van der Waals surface area contributed by atoms with Gasteiger partial charge in [0.05, 0.1) is 58.0 Å². The van der Waals surface area contributed by atoms with E-state index in [0.29, 0.717) is 30.8 Å². The number of nitrogens with zero attached hydrogens (tertiary/aromatic N) is 1. The van der Waals surface area contributed by atoms with Crippen LogP contribution in [0.3, 0.4) is 0 Å². The average molecular weight is 595 g/mol. The van der Waals surface area contributed by atoms with Gasteiger partial charge < -0.3 is 39.1 Å². The summed E-state index contributed by atoms with van der Waals surface area (Å²) in [5.74, 6) is -0.100. The van der Waals surface area contributed by atoms with E-state index in [2.05, 4.69) is 0 Å². The second kappa shape index (κ2) is 17.9. The van der Waals surface area contributed by atoms with Crippen molar-refractivity contribution in [2.24, 2.45) is 11.7 Å². The fraction of sp³-hybridized carbons (Fsp3) is 0.714.